The van der Waals surface area contributed by atoms with Gasteiger partial charge in [-0.2, -0.15) is 0 Å². The summed E-state index contributed by atoms with van der Waals surface area (Å²) in [6.45, 7) is 8.38. The summed E-state index contributed by atoms with van der Waals surface area (Å²) in [5, 5.41) is 3.46. The van der Waals surface area contributed by atoms with E-state index < -0.39 is 0 Å². The molecule has 1 aromatic carbocycles. The van der Waals surface area contributed by atoms with Crippen LogP contribution >= 0.6 is 0 Å². The van der Waals surface area contributed by atoms with Gasteiger partial charge in [0.25, 0.3) is 0 Å². The second kappa shape index (κ2) is 6.75. The van der Waals surface area contributed by atoms with Crippen LogP contribution in [0.2, 0.25) is 0 Å². The summed E-state index contributed by atoms with van der Waals surface area (Å²) in [4.78, 5) is 0. The van der Waals surface area contributed by atoms with Crippen LogP contribution in [-0.2, 0) is 0 Å². The SMILES string of the molecule is CCCCC(NC(C)C)c1cc(C)ccc1F. The average Bonchev–Trinajstić information content (AvgIpc) is 2.27. The van der Waals surface area contributed by atoms with Gasteiger partial charge < -0.3 is 5.32 Å². The van der Waals surface area contributed by atoms with Gasteiger partial charge >= 0.3 is 0 Å². The molecule has 2 heteroatoms. The van der Waals surface area contributed by atoms with E-state index in [1.807, 2.05) is 19.1 Å². The highest BCUT2D eigenvalue weighted by Crippen LogP contribution is 2.24. The Hall–Kier alpha value is -0.890. The summed E-state index contributed by atoms with van der Waals surface area (Å²) < 4.78 is 13.9. The fourth-order valence-electron chi connectivity index (χ4n) is 2.07. The summed E-state index contributed by atoms with van der Waals surface area (Å²) >= 11 is 0. The number of nitrogens with one attached hydrogen (secondary N) is 1. The lowest BCUT2D eigenvalue weighted by molar-refractivity contribution is 0.424. The van der Waals surface area contributed by atoms with Crippen molar-refractivity contribution >= 4 is 0 Å². The Morgan fingerprint density at radius 2 is 2.00 bits per heavy atom. The lowest BCUT2D eigenvalue weighted by Gasteiger charge is -2.22. The van der Waals surface area contributed by atoms with Crippen LogP contribution in [-0.4, -0.2) is 6.04 Å². The van der Waals surface area contributed by atoms with Gasteiger partial charge in [0.2, 0.25) is 0 Å². The van der Waals surface area contributed by atoms with E-state index in [-0.39, 0.29) is 11.9 Å². The van der Waals surface area contributed by atoms with Gasteiger partial charge in [0.1, 0.15) is 5.82 Å². The molecule has 1 unspecified atom stereocenters. The summed E-state index contributed by atoms with van der Waals surface area (Å²) in [5.41, 5.74) is 1.93. The van der Waals surface area contributed by atoms with Crippen molar-refractivity contribution in [3.8, 4) is 0 Å². The molecular weight excluding hydrogens is 213 g/mol. The maximum Gasteiger partial charge on any atom is 0.127 e. The Labute approximate surface area is 104 Å². The van der Waals surface area contributed by atoms with E-state index in [0.717, 1.165) is 30.4 Å². The van der Waals surface area contributed by atoms with Crippen molar-refractivity contribution < 1.29 is 4.39 Å². The minimum Gasteiger partial charge on any atom is -0.308 e. The molecule has 0 amide bonds. The second-order valence-corrected chi connectivity index (χ2v) is 5.04. The number of unbranched alkanes of at least 4 members (excludes halogenated alkanes) is 1. The molecule has 17 heavy (non-hydrogen) atoms. The summed E-state index contributed by atoms with van der Waals surface area (Å²) in [7, 11) is 0. The molecule has 0 aromatic heterocycles. The fourth-order valence-corrected chi connectivity index (χ4v) is 2.07. The van der Waals surface area contributed by atoms with Crippen LogP contribution in [0.5, 0.6) is 0 Å². The highest BCUT2D eigenvalue weighted by atomic mass is 19.1. The predicted octanol–water partition coefficient (Wildman–Crippen LogP) is 4.36. The van der Waals surface area contributed by atoms with E-state index in [2.05, 4.69) is 26.1 Å². The predicted molar refractivity (Wildman–Crippen MR) is 71.7 cm³/mol. The molecule has 0 radical (unpaired) electrons. The molecular formula is C15H24FN. The molecule has 1 aromatic rings. The molecule has 96 valence electrons. The molecule has 0 aliphatic heterocycles. The highest BCUT2D eigenvalue weighted by molar-refractivity contribution is 5.27. The molecule has 1 rings (SSSR count). The summed E-state index contributed by atoms with van der Waals surface area (Å²) in [6.07, 6.45) is 3.26. The molecule has 0 saturated carbocycles. The quantitative estimate of drug-likeness (QED) is 0.775. The zero-order chi connectivity index (χ0) is 12.8. The van der Waals surface area contributed by atoms with E-state index >= 15 is 0 Å². The van der Waals surface area contributed by atoms with Crippen LogP contribution < -0.4 is 5.32 Å². The largest absolute Gasteiger partial charge is 0.308 e. The first-order chi connectivity index (χ1) is 8.04. The van der Waals surface area contributed by atoms with Gasteiger partial charge in [-0.1, -0.05) is 51.3 Å². The molecule has 0 aliphatic carbocycles. The Morgan fingerprint density at radius 3 is 2.59 bits per heavy atom. The standard InChI is InChI=1S/C15H24FN/c1-5-6-7-15(17-11(2)3)13-10-12(4)8-9-14(13)16/h8-11,15,17H,5-7H2,1-4H3. The van der Waals surface area contributed by atoms with Crippen molar-refractivity contribution in [2.45, 2.75) is 59.0 Å². The number of rotatable bonds is 6. The molecule has 1 atom stereocenters. The molecule has 0 bridgehead atoms. The minimum absolute atomic E-state index is 0.0927. The van der Waals surface area contributed by atoms with Crippen molar-refractivity contribution in [1.29, 1.82) is 0 Å². The lowest BCUT2D eigenvalue weighted by Crippen LogP contribution is -2.28. The van der Waals surface area contributed by atoms with Crippen LogP contribution in [0.4, 0.5) is 4.39 Å². The Bertz CT molecular complexity index is 347. The van der Waals surface area contributed by atoms with Gasteiger partial charge in [-0.3, -0.25) is 0 Å². The number of hydrogen-bond donors (Lipinski definition) is 1. The maximum absolute atomic E-state index is 13.9. The number of aryl methyl sites for hydroxylation is 1. The van der Waals surface area contributed by atoms with Crippen LogP contribution in [0.25, 0.3) is 0 Å². The first kappa shape index (κ1) is 14.2. The van der Waals surface area contributed by atoms with Gasteiger partial charge in [0.05, 0.1) is 0 Å². The summed E-state index contributed by atoms with van der Waals surface area (Å²) in [5.74, 6) is -0.0927. The average molecular weight is 237 g/mol. The van der Waals surface area contributed by atoms with Crippen LogP contribution in [0.3, 0.4) is 0 Å². The van der Waals surface area contributed by atoms with Gasteiger partial charge in [0, 0.05) is 17.6 Å². The van der Waals surface area contributed by atoms with Gasteiger partial charge in [0.15, 0.2) is 0 Å². The fraction of sp³-hybridized carbons (Fsp3) is 0.600. The molecule has 0 saturated heterocycles. The molecule has 1 N–H and O–H groups in total. The first-order valence-corrected chi connectivity index (χ1v) is 6.56. The molecule has 0 spiro atoms. The smallest absolute Gasteiger partial charge is 0.127 e. The third kappa shape index (κ3) is 4.47. The normalized spacial score (nSPS) is 13.1. The Kier molecular flexibility index (Phi) is 5.63. The van der Waals surface area contributed by atoms with Gasteiger partial charge in [-0.05, 0) is 19.4 Å². The van der Waals surface area contributed by atoms with Crippen molar-refractivity contribution in [3.05, 3.63) is 35.1 Å². The Morgan fingerprint density at radius 1 is 1.29 bits per heavy atom. The van der Waals surface area contributed by atoms with Gasteiger partial charge in [-0.25, -0.2) is 4.39 Å². The second-order valence-electron chi connectivity index (χ2n) is 5.04. The zero-order valence-corrected chi connectivity index (χ0v) is 11.4. The number of halogens is 1. The van der Waals surface area contributed by atoms with E-state index in [9.17, 15) is 4.39 Å². The highest BCUT2D eigenvalue weighted by Gasteiger charge is 2.16. The van der Waals surface area contributed by atoms with E-state index in [0.29, 0.717) is 6.04 Å². The van der Waals surface area contributed by atoms with Gasteiger partial charge in [-0.15, -0.1) is 0 Å². The van der Waals surface area contributed by atoms with Crippen molar-refractivity contribution in [2.75, 3.05) is 0 Å². The van der Waals surface area contributed by atoms with Crippen LogP contribution in [0.1, 0.15) is 57.2 Å². The molecule has 0 fully saturated rings. The number of benzene rings is 1. The van der Waals surface area contributed by atoms with Crippen molar-refractivity contribution in [3.63, 3.8) is 0 Å². The molecule has 1 nitrogen and oxygen atoms in total. The Balaban J connectivity index is 2.90. The third-order valence-electron chi connectivity index (χ3n) is 2.91. The van der Waals surface area contributed by atoms with E-state index in [1.165, 1.54) is 0 Å². The first-order valence-electron chi connectivity index (χ1n) is 6.56. The van der Waals surface area contributed by atoms with E-state index in [1.54, 1.807) is 6.07 Å². The zero-order valence-electron chi connectivity index (χ0n) is 11.4. The molecule has 0 heterocycles. The third-order valence-corrected chi connectivity index (χ3v) is 2.91. The maximum atomic E-state index is 13.9. The topological polar surface area (TPSA) is 12.0 Å². The minimum atomic E-state index is -0.0927. The summed E-state index contributed by atoms with van der Waals surface area (Å²) in [6, 6.07) is 5.87. The van der Waals surface area contributed by atoms with E-state index in [4.69, 9.17) is 0 Å². The van der Waals surface area contributed by atoms with Crippen molar-refractivity contribution in [1.82, 2.24) is 5.32 Å². The van der Waals surface area contributed by atoms with Crippen LogP contribution in [0.15, 0.2) is 18.2 Å². The lowest BCUT2D eigenvalue weighted by atomic mass is 9.98. The van der Waals surface area contributed by atoms with Crippen LogP contribution in [0, 0.1) is 12.7 Å². The molecule has 0 aliphatic rings. The number of hydrogen-bond acceptors (Lipinski definition) is 1. The monoisotopic (exact) mass is 237 g/mol. The van der Waals surface area contributed by atoms with Crippen molar-refractivity contribution in [2.24, 2.45) is 0 Å².